The maximum absolute atomic E-state index is 12.9. The largest absolute Gasteiger partial charge is 0.358 e. The monoisotopic (exact) mass is 436 g/mol. The van der Waals surface area contributed by atoms with Crippen molar-refractivity contribution >= 4 is 38.4 Å². The van der Waals surface area contributed by atoms with Crippen molar-refractivity contribution in [2.45, 2.75) is 43.4 Å². The summed E-state index contributed by atoms with van der Waals surface area (Å²) in [6, 6.07) is 11.9. The summed E-state index contributed by atoms with van der Waals surface area (Å²) < 4.78 is 27.8. The second kappa shape index (κ2) is 7.85. The first kappa shape index (κ1) is 19.8. The Balaban J connectivity index is 1.37. The first-order valence-corrected chi connectivity index (χ1v) is 12.1. The number of rotatable bonds is 4. The number of aliphatic imine (C=N–C) groups is 1. The van der Waals surface area contributed by atoms with Crippen LogP contribution in [0.2, 0.25) is 0 Å². The van der Waals surface area contributed by atoms with Crippen LogP contribution in [0.3, 0.4) is 0 Å². The number of aromatic nitrogens is 1. The zero-order valence-corrected chi connectivity index (χ0v) is 17.9. The predicted octanol–water partition coefficient (Wildman–Crippen LogP) is 3.77. The van der Waals surface area contributed by atoms with Gasteiger partial charge in [0.05, 0.1) is 4.90 Å². The molecule has 0 saturated heterocycles. The highest BCUT2D eigenvalue weighted by Crippen LogP contribution is 2.30. The van der Waals surface area contributed by atoms with Crippen LogP contribution in [-0.2, 0) is 22.9 Å². The van der Waals surface area contributed by atoms with E-state index in [1.165, 1.54) is 29.8 Å². The van der Waals surface area contributed by atoms with Crippen LogP contribution in [0.25, 0.3) is 10.9 Å². The number of hydrogen-bond acceptors (Lipinski definition) is 4. The molecule has 0 bridgehead atoms. The van der Waals surface area contributed by atoms with Gasteiger partial charge in [-0.15, -0.1) is 0 Å². The number of amidine groups is 1. The molecule has 0 fully saturated rings. The lowest BCUT2D eigenvalue weighted by Crippen LogP contribution is -2.29. The van der Waals surface area contributed by atoms with Crippen LogP contribution in [-0.4, -0.2) is 31.7 Å². The van der Waals surface area contributed by atoms with Crippen molar-refractivity contribution < 1.29 is 13.2 Å². The molecule has 0 atom stereocenters. The molecule has 1 aromatic heterocycles. The minimum Gasteiger partial charge on any atom is -0.358 e. The fraction of sp³-hybridized carbons (Fsp3) is 0.304. The smallest absolute Gasteiger partial charge is 0.262 e. The lowest BCUT2D eigenvalue weighted by molar-refractivity contribution is 0.102. The third-order valence-corrected chi connectivity index (χ3v) is 7.27. The van der Waals surface area contributed by atoms with Crippen molar-refractivity contribution in [2.75, 3.05) is 11.9 Å². The first-order chi connectivity index (χ1) is 15.0. The maximum atomic E-state index is 12.9. The molecule has 1 aliphatic heterocycles. The Morgan fingerprint density at radius 2 is 1.87 bits per heavy atom. The Kier molecular flexibility index (Phi) is 5.02. The van der Waals surface area contributed by atoms with Gasteiger partial charge in [-0.3, -0.25) is 14.5 Å². The Morgan fingerprint density at radius 3 is 2.71 bits per heavy atom. The quantitative estimate of drug-likeness (QED) is 0.580. The van der Waals surface area contributed by atoms with E-state index in [0.717, 1.165) is 36.6 Å². The number of nitrogens with one attached hydrogen (secondary N) is 3. The van der Waals surface area contributed by atoms with E-state index in [1.807, 2.05) is 12.1 Å². The molecule has 2 heterocycles. The molecule has 0 spiro atoms. The molecule has 0 saturated carbocycles. The summed E-state index contributed by atoms with van der Waals surface area (Å²) in [7, 11) is -3.73. The molecule has 2 aromatic carbocycles. The van der Waals surface area contributed by atoms with E-state index in [2.05, 4.69) is 20.0 Å². The molecule has 0 unspecified atom stereocenters. The highest BCUT2D eigenvalue weighted by molar-refractivity contribution is 7.90. The SMILES string of the molecule is O=C(Nc1cccc(S(=O)(=O)NC2=NCCC2)c1)c1ccc2[nH]c3c(c2c1)CCCC3. The number of sulfonamides is 1. The van der Waals surface area contributed by atoms with Crippen LogP contribution in [0.5, 0.6) is 0 Å². The third-order valence-electron chi connectivity index (χ3n) is 5.89. The van der Waals surface area contributed by atoms with Crippen LogP contribution >= 0.6 is 0 Å². The Hall–Kier alpha value is -3.13. The normalized spacial score (nSPS) is 16.1. The van der Waals surface area contributed by atoms with E-state index in [9.17, 15) is 13.2 Å². The second-order valence-corrected chi connectivity index (χ2v) is 9.75. The van der Waals surface area contributed by atoms with Crippen LogP contribution in [0.1, 0.15) is 47.3 Å². The number of nitrogens with zero attached hydrogens (tertiary/aromatic N) is 1. The predicted molar refractivity (Wildman–Crippen MR) is 121 cm³/mol. The number of benzene rings is 2. The number of anilines is 1. The number of aryl methyl sites for hydroxylation is 2. The molecule has 31 heavy (non-hydrogen) atoms. The molecule has 3 N–H and O–H groups in total. The molecule has 7 nitrogen and oxygen atoms in total. The van der Waals surface area contributed by atoms with Crippen LogP contribution in [0, 0.1) is 0 Å². The highest BCUT2D eigenvalue weighted by atomic mass is 32.2. The van der Waals surface area contributed by atoms with E-state index in [0.29, 0.717) is 30.1 Å². The average Bonchev–Trinajstić information content (AvgIpc) is 3.40. The highest BCUT2D eigenvalue weighted by Gasteiger charge is 2.20. The minimum atomic E-state index is -3.73. The van der Waals surface area contributed by atoms with Gasteiger partial charge in [-0.25, -0.2) is 8.42 Å². The topological polar surface area (TPSA) is 103 Å². The van der Waals surface area contributed by atoms with Crippen LogP contribution in [0.4, 0.5) is 5.69 Å². The molecule has 3 aromatic rings. The molecule has 1 aliphatic carbocycles. The van der Waals surface area contributed by atoms with E-state index in [4.69, 9.17) is 0 Å². The maximum Gasteiger partial charge on any atom is 0.262 e. The van der Waals surface area contributed by atoms with Gasteiger partial charge in [0.2, 0.25) is 0 Å². The first-order valence-electron chi connectivity index (χ1n) is 10.6. The lowest BCUT2D eigenvalue weighted by atomic mass is 9.95. The Labute approximate surface area is 181 Å². The number of amides is 1. The van der Waals surface area contributed by atoms with Crippen molar-refractivity contribution in [3.63, 3.8) is 0 Å². The molecule has 1 amide bonds. The zero-order valence-electron chi connectivity index (χ0n) is 17.1. The number of fused-ring (bicyclic) bond motifs is 3. The summed E-state index contributed by atoms with van der Waals surface area (Å²) in [4.78, 5) is 20.6. The summed E-state index contributed by atoms with van der Waals surface area (Å²) in [5.74, 6) is 0.216. The Bertz CT molecular complexity index is 1310. The molecule has 2 aliphatic rings. The van der Waals surface area contributed by atoms with Gasteiger partial charge in [0.1, 0.15) is 5.84 Å². The number of carbonyl (C=O) groups excluding carboxylic acids is 1. The molecule has 160 valence electrons. The van der Waals surface area contributed by atoms with Gasteiger partial charge in [-0.1, -0.05) is 6.07 Å². The average molecular weight is 437 g/mol. The van der Waals surface area contributed by atoms with E-state index < -0.39 is 10.0 Å². The zero-order chi connectivity index (χ0) is 21.4. The molecular weight excluding hydrogens is 412 g/mol. The van der Waals surface area contributed by atoms with Crippen molar-refractivity contribution in [3.8, 4) is 0 Å². The number of H-pyrrole nitrogens is 1. The van der Waals surface area contributed by atoms with Crippen LogP contribution in [0.15, 0.2) is 52.4 Å². The standard InChI is InChI=1S/C23H24N4O3S/c28-23(15-10-11-21-19(13-15)18-7-1-2-8-20(18)26-21)25-16-5-3-6-17(14-16)31(29,30)27-22-9-4-12-24-22/h3,5-6,10-11,13-14,26H,1-2,4,7-9,12H2,(H,24,27)(H,25,28). The van der Waals surface area contributed by atoms with E-state index in [-0.39, 0.29) is 10.8 Å². The van der Waals surface area contributed by atoms with Gasteiger partial charge in [0.15, 0.2) is 0 Å². The van der Waals surface area contributed by atoms with Gasteiger partial charge in [-0.2, -0.15) is 0 Å². The fourth-order valence-corrected chi connectivity index (χ4v) is 5.46. The summed E-state index contributed by atoms with van der Waals surface area (Å²) in [5, 5.41) is 3.93. The van der Waals surface area contributed by atoms with Gasteiger partial charge in [0.25, 0.3) is 15.9 Å². The van der Waals surface area contributed by atoms with Crippen molar-refractivity contribution in [1.29, 1.82) is 0 Å². The molecule has 0 radical (unpaired) electrons. The fourth-order valence-electron chi connectivity index (χ4n) is 4.33. The summed E-state index contributed by atoms with van der Waals surface area (Å²) in [5.41, 5.74) is 4.61. The number of aromatic amines is 1. The third kappa shape index (κ3) is 3.95. The van der Waals surface area contributed by atoms with Gasteiger partial charge in [0, 0.05) is 40.8 Å². The molecular formula is C23H24N4O3S. The number of hydrogen-bond donors (Lipinski definition) is 3. The summed E-state index contributed by atoms with van der Waals surface area (Å²) >= 11 is 0. The second-order valence-electron chi connectivity index (χ2n) is 8.07. The van der Waals surface area contributed by atoms with Crippen molar-refractivity contribution in [1.82, 2.24) is 9.71 Å². The summed E-state index contributed by atoms with van der Waals surface area (Å²) in [6.07, 6.45) is 5.90. The van der Waals surface area contributed by atoms with Gasteiger partial charge < -0.3 is 10.3 Å². The van der Waals surface area contributed by atoms with E-state index in [1.54, 1.807) is 18.2 Å². The van der Waals surface area contributed by atoms with E-state index >= 15 is 0 Å². The molecule has 8 heteroatoms. The van der Waals surface area contributed by atoms with Crippen molar-refractivity contribution in [2.24, 2.45) is 4.99 Å². The van der Waals surface area contributed by atoms with Gasteiger partial charge in [-0.05, 0) is 74.1 Å². The van der Waals surface area contributed by atoms with Crippen LogP contribution < -0.4 is 10.0 Å². The van der Waals surface area contributed by atoms with Gasteiger partial charge >= 0.3 is 0 Å². The number of carbonyl (C=O) groups is 1. The lowest BCUT2D eigenvalue weighted by Gasteiger charge is -2.11. The Morgan fingerprint density at radius 1 is 1.00 bits per heavy atom. The summed E-state index contributed by atoms with van der Waals surface area (Å²) in [6.45, 7) is 0.642. The molecule has 5 rings (SSSR count). The minimum absolute atomic E-state index is 0.0926. The van der Waals surface area contributed by atoms with Crippen molar-refractivity contribution in [3.05, 3.63) is 59.3 Å².